The van der Waals surface area contributed by atoms with Crippen molar-refractivity contribution in [1.29, 1.82) is 0 Å². The molecular formula is C27H34N2O7. The molecule has 0 saturated heterocycles. The summed E-state index contributed by atoms with van der Waals surface area (Å²) in [6.07, 6.45) is -0.171. The van der Waals surface area contributed by atoms with Gasteiger partial charge in [0.15, 0.2) is 0 Å². The molecule has 2 unspecified atom stereocenters. The Bertz CT molecular complexity index is 1000. The summed E-state index contributed by atoms with van der Waals surface area (Å²) in [5.74, 6) is -1.86. The summed E-state index contributed by atoms with van der Waals surface area (Å²) in [5, 5.41) is 4.94. The molecule has 2 aromatic carbocycles. The molecule has 0 aliphatic carbocycles. The topological polar surface area (TPSA) is 120 Å². The summed E-state index contributed by atoms with van der Waals surface area (Å²) >= 11 is 0. The average molecular weight is 499 g/mol. The van der Waals surface area contributed by atoms with E-state index < -0.39 is 41.6 Å². The maximum Gasteiger partial charge on any atom is 0.329 e. The second-order valence-electron chi connectivity index (χ2n) is 9.20. The van der Waals surface area contributed by atoms with Gasteiger partial charge in [-0.15, -0.1) is 0 Å². The summed E-state index contributed by atoms with van der Waals surface area (Å²) in [4.78, 5) is 49.7. The van der Waals surface area contributed by atoms with Crippen molar-refractivity contribution in [2.75, 3.05) is 0 Å². The predicted molar refractivity (Wildman–Crippen MR) is 132 cm³/mol. The largest absolute Gasteiger partial charge is 0.461 e. The normalized spacial score (nSPS) is 12.6. The minimum Gasteiger partial charge on any atom is -0.461 e. The van der Waals surface area contributed by atoms with Gasteiger partial charge in [0.2, 0.25) is 0 Å². The van der Waals surface area contributed by atoms with E-state index in [0.29, 0.717) is 0 Å². The van der Waals surface area contributed by atoms with Crippen LogP contribution in [0.1, 0.15) is 51.7 Å². The molecule has 0 radical (unpaired) electrons. The summed E-state index contributed by atoms with van der Waals surface area (Å²) in [6.45, 7) is 6.72. The minimum absolute atomic E-state index is 0.00619. The van der Waals surface area contributed by atoms with Crippen LogP contribution in [0.15, 0.2) is 60.7 Å². The molecule has 0 fully saturated rings. The highest BCUT2D eigenvalue weighted by molar-refractivity contribution is 5.87. The summed E-state index contributed by atoms with van der Waals surface area (Å²) in [7, 11) is 0. The van der Waals surface area contributed by atoms with Gasteiger partial charge in [-0.1, -0.05) is 60.7 Å². The van der Waals surface area contributed by atoms with E-state index in [4.69, 9.17) is 14.2 Å². The molecule has 0 aliphatic rings. The van der Waals surface area contributed by atoms with E-state index >= 15 is 0 Å². The van der Waals surface area contributed by atoms with E-state index in [0.717, 1.165) is 11.1 Å². The molecule has 0 aliphatic heterocycles. The molecular weight excluding hydrogens is 464 g/mol. The lowest BCUT2D eigenvalue weighted by Crippen LogP contribution is -2.51. The summed E-state index contributed by atoms with van der Waals surface area (Å²) < 4.78 is 15.8. The van der Waals surface area contributed by atoms with Crippen LogP contribution in [0.2, 0.25) is 0 Å². The van der Waals surface area contributed by atoms with Crippen molar-refractivity contribution in [3.63, 3.8) is 0 Å². The van der Waals surface area contributed by atoms with Crippen molar-refractivity contribution in [1.82, 2.24) is 10.6 Å². The van der Waals surface area contributed by atoms with Gasteiger partial charge in [-0.2, -0.15) is 0 Å². The van der Waals surface area contributed by atoms with Gasteiger partial charge in [0.25, 0.3) is 0 Å². The van der Waals surface area contributed by atoms with Gasteiger partial charge >= 0.3 is 23.9 Å². The first-order valence-electron chi connectivity index (χ1n) is 11.7. The number of rotatable bonds is 11. The fraction of sp³-hybridized carbons (Fsp3) is 0.407. The molecule has 2 N–H and O–H groups in total. The van der Waals surface area contributed by atoms with Crippen molar-refractivity contribution in [2.45, 2.75) is 71.4 Å². The van der Waals surface area contributed by atoms with E-state index in [9.17, 15) is 19.2 Å². The molecule has 0 bridgehead atoms. The maximum atomic E-state index is 12.7. The van der Waals surface area contributed by atoms with Crippen LogP contribution in [0, 0.1) is 0 Å². The zero-order valence-electron chi connectivity index (χ0n) is 21.1. The van der Waals surface area contributed by atoms with Crippen molar-refractivity contribution < 1.29 is 33.4 Å². The molecule has 2 atom stereocenters. The zero-order valence-corrected chi connectivity index (χ0v) is 21.1. The molecule has 0 heterocycles. The Morgan fingerprint density at radius 1 is 0.778 bits per heavy atom. The van der Waals surface area contributed by atoms with Gasteiger partial charge in [-0.05, 0) is 45.2 Å². The van der Waals surface area contributed by atoms with Crippen molar-refractivity contribution in [3.05, 3.63) is 71.8 Å². The van der Waals surface area contributed by atoms with Gasteiger partial charge < -0.3 is 24.8 Å². The third-order valence-electron chi connectivity index (χ3n) is 4.80. The van der Waals surface area contributed by atoms with Gasteiger partial charge in [-0.25, -0.2) is 14.4 Å². The molecule has 0 spiro atoms. The lowest BCUT2D eigenvalue weighted by molar-refractivity contribution is -0.156. The first-order valence-corrected chi connectivity index (χ1v) is 11.7. The van der Waals surface area contributed by atoms with Gasteiger partial charge in [0.05, 0.1) is 0 Å². The second-order valence-corrected chi connectivity index (χ2v) is 9.20. The molecule has 2 amide bonds. The van der Waals surface area contributed by atoms with Crippen molar-refractivity contribution in [2.24, 2.45) is 0 Å². The van der Waals surface area contributed by atoms with Crippen LogP contribution < -0.4 is 10.6 Å². The van der Waals surface area contributed by atoms with E-state index in [1.807, 2.05) is 48.5 Å². The number of carbonyl (C=O) groups excluding carboxylic acids is 4. The number of hydrogen-bond donors (Lipinski definition) is 2. The Morgan fingerprint density at radius 2 is 1.31 bits per heavy atom. The quantitative estimate of drug-likeness (QED) is 0.358. The van der Waals surface area contributed by atoms with Gasteiger partial charge in [0, 0.05) is 6.42 Å². The monoisotopic (exact) mass is 498 g/mol. The standard InChI is InChI=1S/C27H34N2O7/c1-19(24(31)36-27(2,3)4)28-26(33)29-22(25(32)35-18-21-13-9-6-10-14-21)15-16-23(30)34-17-20-11-7-5-8-12-20/h5-14,19,22H,15-18H2,1-4H3,(H2,28,29,33). The number of amides is 2. The zero-order chi connectivity index (χ0) is 26.6. The Kier molecular flexibility index (Phi) is 10.9. The predicted octanol–water partition coefficient (Wildman–Crippen LogP) is 3.65. The van der Waals surface area contributed by atoms with E-state index in [2.05, 4.69) is 10.6 Å². The number of carbonyl (C=O) groups is 4. The van der Waals surface area contributed by atoms with E-state index in [1.54, 1.807) is 32.9 Å². The van der Waals surface area contributed by atoms with Crippen molar-refractivity contribution >= 4 is 23.9 Å². The van der Waals surface area contributed by atoms with Crippen LogP contribution in [0.4, 0.5) is 4.79 Å². The molecule has 9 nitrogen and oxygen atoms in total. The number of hydrogen-bond acceptors (Lipinski definition) is 7. The number of urea groups is 1. The molecule has 2 aromatic rings. The highest BCUT2D eigenvalue weighted by Gasteiger charge is 2.27. The molecule has 2 rings (SSSR count). The Morgan fingerprint density at radius 3 is 1.83 bits per heavy atom. The molecule has 36 heavy (non-hydrogen) atoms. The number of benzene rings is 2. The molecule has 0 saturated carbocycles. The lowest BCUT2D eigenvalue weighted by atomic mass is 10.1. The number of nitrogens with one attached hydrogen (secondary N) is 2. The van der Waals surface area contributed by atoms with Crippen LogP contribution >= 0.6 is 0 Å². The summed E-state index contributed by atoms with van der Waals surface area (Å²) in [5.41, 5.74) is 0.890. The van der Waals surface area contributed by atoms with Crippen LogP contribution in [0.3, 0.4) is 0 Å². The average Bonchev–Trinajstić information content (AvgIpc) is 2.84. The van der Waals surface area contributed by atoms with Gasteiger partial charge in [0.1, 0.15) is 30.9 Å². The first kappa shape index (κ1) is 28.4. The first-order chi connectivity index (χ1) is 17.0. The Balaban J connectivity index is 1.95. The SMILES string of the molecule is CC(NC(=O)NC(CCC(=O)OCc1ccccc1)C(=O)OCc1ccccc1)C(=O)OC(C)(C)C. The Hall–Kier alpha value is -3.88. The fourth-order valence-corrected chi connectivity index (χ4v) is 3.00. The van der Waals surface area contributed by atoms with E-state index in [-0.39, 0.29) is 26.1 Å². The van der Waals surface area contributed by atoms with E-state index in [1.165, 1.54) is 6.92 Å². The number of esters is 3. The third kappa shape index (κ3) is 11.0. The maximum absolute atomic E-state index is 12.7. The lowest BCUT2D eigenvalue weighted by Gasteiger charge is -2.23. The van der Waals surface area contributed by atoms with Crippen LogP contribution in [0.25, 0.3) is 0 Å². The minimum atomic E-state index is -1.14. The van der Waals surface area contributed by atoms with Crippen LogP contribution in [-0.4, -0.2) is 41.6 Å². The molecule has 9 heteroatoms. The van der Waals surface area contributed by atoms with Crippen molar-refractivity contribution in [3.8, 4) is 0 Å². The highest BCUT2D eigenvalue weighted by Crippen LogP contribution is 2.10. The van der Waals surface area contributed by atoms with Crippen LogP contribution in [0.5, 0.6) is 0 Å². The smallest absolute Gasteiger partial charge is 0.329 e. The van der Waals surface area contributed by atoms with Gasteiger partial charge in [-0.3, -0.25) is 4.79 Å². The molecule has 0 aromatic heterocycles. The second kappa shape index (κ2) is 13.9. The van der Waals surface area contributed by atoms with Crippen LogP contribution in [-0.2, 0) is 41.8 Å². The number of ether oxygens (including phenoxy) is 3. The Labute approximate surface area is 211 Å². The summed E-state index contributed by atoms with van der Waals surface area (Å²) in [6, 6.07) is 15.4. The third-order valence-corrected chi connectivity index (χ3v) is 4.80. The highest BCUT2D eigenvalue weighted by atomic mass is 16.6. The fourth-order valence-electron chi connectivity index (χ4n) is 3.00. The molecule has 194 valence electrons.